The summed E-state index contributed by atoms with van der Waals surface area (Å²) in [6, 6.07) is 10.8. The van der Waals surface area contributed by atoms with Crippen molar-refractivity contribution in [2.45, 2.75) is 21.9 Å². The SMILES string of the molecule is CSc1ccc(NC(=O)C2CCN(S(=O)(=O)c3ccc(Cl)s3)CC2)cc1. The van der Waals surface area contributed by atoms with Gasteiger partial charge in [0, 0.05) is 29.6 Å². The zero-order chi connectivity index (χ0) is 18.7. The van der Waals surface area contributed by atoms with E-state index in [1.165, 1.54) is 10.4 Å². The molecule has 0 aliphatic carbocycles. The molecule has 26 heavy (non-hydrogen) atoms. The highest BCUT2D eigenvalue weighted by Crippen LogP contribution is 2.31. The summed E-state index contributed by atoms with van der Waals surface area (Å²) in [5.74, 6) is -0.244. The van der Waals surface area contributed by atoms with Crippen LogP contribution in [-0.4, -0.2) is 38.0 Å². The van der Waals surface area contributed by atoms with Gasteiger partial charge in [-0.15, -0.1) is 23.1 Å². The van der Waals surface area contributed by atoms with Crippen LogP contribution in [0.5, 0.6) is 0 Å². The van der Waals surface area contributed by atoms with Crippen molar-refractivity contribution < 1.29 is 13.2 Å². The third kappa shape index (κ3) is 4.43. The lowest BCUT2D eigenvalue weighted by Crippen LogP contribution is -2.41. The number of hydrogen-bond donors (Lipinski definition) is 1. The topological polar surface area (TPSA) is 66.5 Å². The number of rotatable bonds is 5. The van der Waals surface area contributed by atoms with Crippen molar-refractivity contribution >= 4 is 56.3 Å². The number of thiophene rings is 1. The summed E-state index contributed by atoms with van der Waals surface area (Å²) in [6.07, 6.45) is 3.01. The van der Waals surface area contributed by atoms with Crippen molar-refractivity contribution in [1.29, 1.82) is 0 Å². The minimum absolute atomic E-state index is 0.0573. The lowest BCUT2D eigenvalue weighted by molar-refractivity contribution is -0.120. The maximum atomic E-state index is 12.6. The van der Waals surface area contributed by atoms with Gasteiger partial charge in [-0.3, -0.25) is 4.79 Å². The molecule has 1 aliphatic rings. The van der Waals surface area contributed by atoms with Gasteiger partial charge < -0.3 is 5.32 Å². The molecule has 1 fully saturated rings. The number of nitrogens with zero attached hydrogens (tertiary/aromatic N) is 1. The Bertz CT molecular complexity index is 873. The quantitative estimate of drug-likeness (QED) is 0.723. The molecule has 0 spiro atoms. The highest BCUT2D eigenvalue weighted by molar-refractivity contribution is 7.98. The van der Waals surface area contributed by atoms with E-state index < -0.39 is 10.0 Å². The molecular formula is C17H19ClN2O3S3. The second-order valence-corrected chi connectivity index (χ2v) is 10.7. The molecule has 0 unspecified atom stereocenters. The molecule has 5 nitrogen and oxygen atoms in total. The van der Waals surface area contributed by atoms with Gasteiger partial charge >= 0.3 is 0 Å². The first-order valence-corrected chi connectivity index (χ1v) is 12.0. The molecule has 0 bridgehead atoms. The summed E-state index contributed by atoms with van der Waals surface area (Å²) >= 11 is 8.55. The van der Waals surface area contributed by atoms with Crippen LogP contribution in [-0.2, 0) is 14.8 Å². The van der Waals surface area contributed by atoms with Crippen molar-refractivity contribution in [1.82, 2.24) is 4.31 Å². The summed E-state index contributed by atoms with van der Waals surface area (Å²) in [5.41, 5.74) is 0.760. The summed E-state index contributed by atoms with van der Waals surface area (Å²) in [7, 11) is -3.52. The average Bonchev–Trinajstić information content (AvgIpc) is 3.10. The van der Waals surface area contributed by atoms with Gasteiger partial charge in [0.25, 0.3) is 10.0 Å². The fourth-order valence-electron chi connectivity index (χ4n) is 2.84. The van der Waals surface area contributed by atoms with Crippen LogP contribution in [0, 0.1) is 5.92 Å². The fourth-order valence-corrected chi connectivity index (χ4v) is 6.36. The van der Waals surface area contributed by atoms with Crippen LogP contribution in [0.25, 0.3) is 0 Å². The molecule has 0 saturated carbocycles. The second kappa shape index (κ2) is 8.31. The minimum Gasteiger partial charge on any atom is -0.326 e. The third-order valence-corrected chi connectivity index (χ3v) is 8.67. The lowest BCUT2D eigenvalue weighted by Gasteiger charge is -2.30. The van der Waals surface area contributed by atoms with Crippen LogP contribution in [0.4, 0.5) is 5.69 Å². The third-order valence-electron chi connectivity index (χ3n) is 4.32. The van der Waals surface area contributed by atoms with Crippen LogP contribution >= 0.6 is 34.7 Å². The van der Waals surface area contributed by atoms with Gasteiger partial charge in [0.05, 0.1) is 4.34 Å². The van der Waals surface area contributed by atoms with Gasteiger partial charge in [-0.2, -0.15) is 4.31 Å². The van der Waals surface area contributed by atoms with Gasteiger partial charge in [0.2, 0.25) is 5.91 Å². The Hall–Kier alpha value is -1.06. The molecule has 1 amide bonds. The largest absolute Gasteiger partial charge is 0.326 e. The number of amides is 1. The summed E-state index contributed by atoms with van der Waals surface area (Å²) < 4.78 is 27.3. The molecule has 1 N–H and O–H groups in total. The van der Waals surface area contributed by atoms with Crippen molar-refractivity contribution in [2.75, 3.05) is 24.7 Å². The van der Waals surface area contributed by atoms with Gasteiger partial charge in [-0.05, 0) is 55.5 Å². The van der Waals surface area contributed by atoms with E-state index in [9.17, 15) is 13.2 Å². The summed E-state index contributed by atoms with van der Waals surface area (Å²) in [5, 5.41) is 2.92. The Labute approximate surface area is 166 Å². The highest BCUT2D eigenvalue weighted by Gasteiger charge is 2.32. The number of nitrogens with one attached hydrogen (secondary N) is 1. The van der Waals surface area contributed by atoms with E-state index in [2.05, 4.69) is 5.32 Å². The first-order chi connectivity index (χ1) is 12.4. The molecule has 1 aromatic heterocycles. The normalized spacial score (nSPS) is 16.5. The number of anilines is 1. The number of sulfonamides is 1. The van der Waals surface area contributed by atoms with Gasteiger partial charge in [-0.1, -0.05) is 11.6 Å². The molecule has 1 saturated heterocycles. The average molecular weight is 431 g/mol. The fraction of sp³-hybridized carbons (Fsp3) is 0.353. The number of piperidine rings is 1. The molecule has 1 aromatic carbocycles. The smallest absolute Gasteiger partial charge is 0.252 e. The first-order valence-electron chi connectivity index (χ1n) is 8.10. The van der Waals surface area contributed by atoms with Crippen LogP contribution in [0.15, 0.2) is 45.5 Å². The number of thioether (sulfide) groups is 1. The van der Waals surface area contributed by atoms with E-state index in [1.807, 2.05) is 30.5 Å². The van der Waals surface area contributed by atoms with Crippen molar-refractivity contribution in [3.05, 3.63) is 40.7 Å². The number of hydrogen-bond acceptors (Lipinski definition) is 5. The Morgan fingerprint density at radius 1 is 1.19 bits per heavy atom. The van der Waals surface area contributed by atoms with Gasteiger partial charge in [0.1, 0.15) is 4.21 Å². The Balaban J connectivity index is 1.58. The van der Waals surface area contributed by atoms with Crippen molar-refractivity contribution in [2.24, 2.45) is 5.92 Å². The molecule has 0 atom stereocenters. The molecule has 0 radical (unpaired) electrons. The maximum Gasteiger partial charge on any atom is 0.252 e. The number of carbonyl (C=O) groups is 1. The zero-order valence-corrected chi connectivity index (χ0v) is 17.3. The highest BCUT2D eigenvalue weighted by atomic mass is 35.5. The molecule has 140 valence electrons. The second-order valence-electron chi connectivity index (χ2n) is 5.95. The van der Waals surface area contributed by atoms with Crippen molar-refractivity contribution in [3.8, 4) is 0 Å². The maximum absolute atomic E-state index is 12.6. The molecule has 2 aromatic rings. The summed E-state index contributed by atoms with van der Waals surface area (Å²) in [4.78, 5) is 13.6. The van der Waals surface area contributed by atoms with E-state index in [1.54, 1.807) is 17.8 Å². The van der Waals surface area contributed by atoms with Crippen molar-refractivity contribution in [3.63, 3.8) is 0 Å². The molecule has 1 aliphatic heterocycles. The van der Waals surface area contributed by atoms with Gasteiger partial charge in [0.15, 0.2) is 0 Å². The van der Waals surface area contributed by atoms with E-state index in [4.69, 9.17) is 11.6 Å². The standard InChI is InChI=1S/C17H19ClN2O3S3/c1-24-14-4-2-13(3-5-14)19-17(21)12-8-10-20(11-9-12)26(22,23)16-7-6-15(18)25-16/h2-7,12H,8-11H2,1H3,(H,19,21). The number of benzene rings is 1. The molecular weight excluding hydrogens is 412 g/mol. The summed E-state index contributed by atoms with van der Waals surface area (Å²) in [6.45, 7) is 0.669. The van der Waals surface area contributed by atoms with E-state index >= 15 is 0 Å². The van der Waals surface area contributed by atoms with Crippen LogP contribution < -0.4 is 5.32 Å². The number of halogens is 1. The molecule has 9 heteroatoms. The monoisotopic (exact) mass is 430 g/mol. The van der Waals surface area contributed by atoms with Crippen LogP contribution in [0.2, 0.25) is 4.34 Å². The lowest BCUT2D eigenvalue weighted by atomic mass is 9.97. The Morgan fingerprint density at radius 3 is 2.38 bits per heavy atom. The van der Waals surface area contributed by atoms with E-state index in [0.717, 1.165) is 21.9 Å². The zero-order valence-electron chi connectivity index (χ0n) is 14.1. The first kappa shape index (κ1) is 19.7. The Morgan fingerprint density at radius 2 is 1.85 bits per heavy atom. The Kier molecular flexibility index (Phi) is 6.29. The molecule has 2 heterocycles. The number of carbonyl (C=O) groups excluding carboxylic acids is 1. The van der Waals surface area contributed by atoms with Crippen LogP contribution in [0.3, 0.4) is 0 Å². The van der Waals surface area contributed by atoms with Crippen LogP contribution in [0.1, 0.15) is 12.8 Å². The minimum atomic E-state index is -3.52. The van der Waals surface area contributed by atoms with E-state index in [-0.39, 0.29) is 16.0 Å². The van der Waals surface area contributed by atoms with E-state index in [0.29, 0.717) is 30.3 Å². The molecule has 3 rings (SSSR count). The predicted molar refractivity (Wildman–Crippen MR) is 108 cm³/mol. The predicted octanol–water partition coefficient (Wildman–Crippen LogP) is 4.16. The van der Waals surface area contributed by atoms with Gasteiger partial charge in [-0.25, -0.2) is 8.42 Å².